The van der Waals surface area contributed by atoms with Crippen LogP contribution in [-0.4, -0.2) is 28.4 Å². The lowest BCUT2D eigenvalue weighted by atomic mass is 9.84. The molecule has 3 amide bonds. The normalized spacial score (nSPS) is 20.5. The first kappa shape index (κ1) is 17.5. The predicted octanol–water partition coefficient (Wildman–Crippen LogP) is 3.38. The van der Waals surface area contributed by atoms with Crippen molar-refractivity contribution in [2.24, 2.45) is 0 Å². The number of carbonyl (C=O) groups is 2. The van der Waals surface area contributed by atoms with Gasteiger partial charge in [-0.3, -0.25) is 9.69 Å². The van der Waals surface area contributed by atoms with Crippen LogP contribution in [0.25, 0.3) is 11.5 Å². The zero-order valence-electron chi connectivity index (χ0n) is 15.8. The fourth-order valence-corrected chi connectivity index (χ4v) is 3.89. The number of para-hydroxylation sites is 1. The summed E-state index contributed by atoms with van der Waals surface area (Å²) in [7, 11) is 0. The number of nitrogens with zero attached hydrogens (tertiary/aromatic N) is 2. The van der Waals surface area contributed by atoms with Gasteiger partial charge in [0.15, 0.2) is 5.54 Å². The van der Waals surface area contributed by atoms with Crippen LogP contribution in [-0.2, 0) is 16.9 Å². The second-order valence-corrected chi connectivity index (χ2v) is 7.33. The molecular formula is C22H19N3O4. The molecular weight excluding hydrogens is 370 g/mol. The molecule has 0 radical (unpaired) electrons. The summed E-state index contributed by atoms with van der Waals surface area (Å²) >= 11 is 0. The van der Waals surface area contributed by atoms with E-state index in [9.17, 15) is 9.59 Å². The van der Waals surface area contributed by atoms with Crippen LogP contribution in [0.15, 0.2) is 59.2 Å². The van der Waals surface area contributed by atoms with Gasteiger partial charge in [-0.25, -0.2) is 9.78 Å². The molecule has 1 fully saturated rings. The lowest BCUT2D eigenvalue weighted by molar-refractivity contribution is -0.133. The summed E-state index contributed by atoms with van der Waals surface area (Å²) in [5, 5.41) is 2.89. The Morgan fingerprint density at radius 2 is 1.93 bits per heavy atom. The van der Waals surface area contributed by atoms with E-state index >= 15 is 0 Å². The van der Waals surface area contributed by atoms with E-state index in [4.69, 9.17) is 9.15 Å². The average Bonchev–Trinajstić information content (AvgIpc) is 3.29. The quantitative estimate of drug-likeness (QED) is 0.694. The third kappa shape index (κ3) is 2.77. The molecule has 1 N–H and O–H groups in total. The monoisotopic (exact) mass is 389 g/mol. The van der Waals surface area contributed by atoms with E-state index in [1.807, 2.05) is 55.5 Å². The van der Waals surface area contributed by atoms with Gasteiger partial charge in [-0.1, -0.05) is 35.9 Å². The number of hydrogen-bond donors (Lipinski definition) is 1. The summed E-state index contributed by atoms with van der Waals surface area (Å²) in [6.45, 7) is 2.41. The number of oxazole rings is 1. The minimum Gasteiger partial charge on any atom is -0.493 e. The van der Waals surface area contributed by atoms with Gasteiger partial charge < -0.3 is 14.5 Å². The Kier molecular flexibility index (Phi) is 3.91. The predicted molar refractivity (Wildman–Crippen MR) is 104 cm³/mol. The van der Waals surface area contributed by atoms with E-state index in [0.29, 0.717) is 35.9 Å². The van der Waals surface area contributed by atoms with Gasteiger partial charge in [-0.15, -0.1) is 0 Å². The van der Waals surface area contributed by atoms with Gasteiger partial charge >= 0.3 is 6.03 Å². The molecule has 3 aromatic rings. The van der Waals surface area contributed by atoms with E-state index in [0.717, 1.165) is 11.1 Å². The summed E-state index contributed by atoms with van der Waals surface area (Å²) in [5.74, 6) is 0.786. The molecule has 1 unspecified atom stereocenters. The van der Waals surface area contributed by atoms with Crippen LogP contribution in [0.2, 0.25) is 0 Å². The highest BCUT2D eigenvalue weighted by molar-refractivity contribution is 6.07. The molecule has 1 spiro atoms. The van der Waals surface area contributed by atoms with Crippen LogP contribution in [0.3, 0.4) is 0 Å². The van der Waals surface area contributed by atoms with Crippen molar-refractivity contribution in [3.05, 3.63) is 71.6 Å². The number of hydrogen-bond acceptors (Lipinski definition) is 5. The lowest BCUT2D eigenvalue weighted by Gasteiger charge is -2.33. The zero-order chi connectivity index (χ0) is 20.0. The number of urea groups is 1. The van der Waals surface area contributed by atoms with Gasteiger partial charge in [-0.05, 0) is 25.1 Å². The maximum absolute atomic E-state index is 13.3. The Hall–Kier alpha value is -3.61. The Morgan fingerprint density at radius 3 is 2.76 bits per heavy atom. The summed E-state index contributed by atoms with van der Waals surface area (Å²) in [4.78, 5) is 31.6. The molecule has 1 atom stereocenters. The van der Waals surface area contributed by atoms with Gasteiger partial charge in [0.1, 0.15) is 12.0 Å². The third-order valence-electron chi connectivity index (χ3n) is 5.43. The fourth-order valence-electron chi connectivity index (χ4n) is 3.89. The van der Waals surface area contributed by atoms with Crippen molar-refractivity contribution in [3.63, 3.8) is 0 Å². The van der Waals surface area contributed by atoms with E-state index in [2.05, 4.69) is 10.3 Å². The molecule has 0 aliphatic carbocycles. The van der Waals surface area contributed by atoms with Crippen LogP contribution in [0.5, 0.6) is 5.75 Å². The second-order valence-electron chi connectivity index (χ2n) is 7.33. The number of rotatable bonds is 3. The molecule has 0 bridgehead atoms. The lowest BCUT2D eigenvalue weighted by Crippen LogP contribution is -2.47. The van der Waals surface area contributed by atoms with Crippen molar-refractivity contribution in [1.29, 1.82) is 0 Å². The van der Waals surface area contributed by atoms with Crippen molar-refractivity contribution < 1.29 is 18.7 Å². The number of carbonyl (C=O) groups excluding carboxylic acids is 2. The standard InChI is InChI=1S/C22H19N3O4/c1-14-6-8-15(9-7-14)19-23-16(13-29-19)12-25-20(26)22(24-21(25)27)10-11-28-18-5-3-2-4-17(18)22/h2-9,13H,10-12H2,1H3,(H,24,27). The van der Waals surface area contributed by atoms with Gasteiger partial charge in [-0.2, -0.15) is 0 Å². The Balaban J connectivity index is 1.42. The molecule has 5 rings (SSSR count). The molecule has 29 heavy (non-hydrogen) atoms. The van der Waals surface area contributed by atoms with Gasteiger partial charge in [0.25, 0.3) is 5.91 Å². The molecule has 7 heteroatoms. The van der Waals surface area contributed by atoms with Crippen molar-refractivity contribution in [2.75, 3.05) is 6.61 Å². The van der Waals surface area contributed by atoms with Crippen LogP contribution >= 0.6 is 0 Å². The number of fused-ring (bicyclic) bond motifs is 2. The van der Waals surface area contributed by atoms with Gasteiger partial charge in [0.05, 0.1) is 18.8 Å². The van der Waals surface area contributed by atoms with Crippen molar-refractivity contribution in [3.8, 4) is 17.2 Å². The smallest absolute Gasteiger partial charge is 0.325 e. The molecule has 3 heterocycles. The molecule has 7 nitrogen and oxygen atoms in total. The third-order valence-corrected chi connectivity index (χ3v) is 5.43. The Bertz CT molecular complexity index is 1110. The number of benzene rings is 2. The number of ether oxygens (including phenoxy) is 1. The van der Waals surface area contributed by atoms with Crippen molar-refractivity contribution >= 4 is 11.9 Å². The van der Waals surface area contributed by atoms with Gasteiger partial charge in [0, 0.05) is 17.5 Å². The highest BCUT2D eigenvalue weighted by Crippen LogP contribution is 2.41. The first-order valence-corrected chi connectivity index (χ1v) is 9.45. The molecule has 146 valence electrons. The van der Waals surface area contributed by atoms with Crippen LogP contribution in [0, 0.1) is 6.92 Å². The Morgan fingerprint density at radius 1 is 1.14 bits per heavy atom. The summed E-state index contributed by atoms with van der Waals surface area (Å²) in [5.41, 5.74) is 2.10. The second kappa shape index (κ2) is 6.48. The minimum absolute atomic E-state index is 0.0464. The molecule has 0 saturated carbocycles. The number of nitrogens with one attached hydrogen (secondary N) is 1. The van der Waals surface area contributed by atoms with Crippen LogP contribution in [0.1, 0.15) is 23.2 Å². The average molecular weight is 389 g/mol. The van der Waals surface area contributed by atoms with E-state index in [1.54, 1.807) is 0 Å². The number of amides is 3. The summed E-state index contributed by atoms with van der Waals surface area (Å²) < 4.78 is 11.2. The van der Waals surface area contributed by atoms with E-state index in [1.165, 1.54) is 11.2 Å². The number of imide groups is 1. The largest absolute Gasteiger partial charge is 0.493 e. The fraction of sp³-hybridized carbons (Fsp3) is 0.227. The zero-order valence-corrected chi connectivity index (χ0v) is 15.8. The maximum Gasteiger partial charge on any atom is 0.325 e. The molecule has 2 aromatic carbocycles. The van der Waals surface area contributed by atoms with Crippen LogP contribution in [0.4, 0.5) is 4.79 Å². The summed E-state index contributed by atoms with van der Waals surface area (Å²) in [6, 6.07) is 14.7. The van der Waals surface area contributed by atoms with Crippen molar-refractivity contribution in [2.45, 2.75) is 25.4 Å². The number of aromatic nitrogens is 1. The van der Waals surface area contributed by atoms with Crippen LogP contribution < -0.4 is 10.1 Å². The summed E-state index contributed by atoms with van der Waals surface area (Å²) in [6.07, 6.45) is 1.87. The molecule has 2 aliphatic rings. The minimum atomic E-state index is -1.09. The van der Waals surface area contributed by atoms with Crippen molar-refractivity contribution in [1.82, 2.24) is 15.2 Å². The van der Waals surface area contributed by atoms with Gasteiger partial charge in [0.2, 0.25) is 5.89 Å². The van der Waals surface area contributed by atoms with E-state index < -0.39 is 11.6 Å². The first-order valence-electron chi connectivity index (χ1n) is 9.45. The first-order chi connectivity index (χ1) is 14.1. The highest BCUT2D eigenvalue weighted by Gasteiger charge is 2.54. The molecule has 1 saturated heterocycles. The maximum atomic E-state index is 13.3. The highest BCUT2D eigenvalue weighted by atomic mass is 16.5. The Labute approximate surface area is 167 Å². The SMILES string of the molecule is Cc1ccc(-c2nc(CN3C(=O)NC4(CCOc5ccccc54)C3=O)co2)cc1. The van der Waals surface area contributed by atoms with E-state index in [-0.39, 0.29) is 12.5 Å². The number of aryl methyl sites for hydroxylation is 1. The molecule has 2 aliphatic heterocycles. The molecule has 1 aromatic heterocycles. The topological polar surface area (TPSA) is 84.7 Å².